The number of hydrogen-bond donors (Lipinski definition) is 3. The molecule has 1 aromatic carbocycles. The average Bonchev–Trinajstić information content (AvgIpc) is 2.39. The number of hydrogen-bond acceptors (Lipinski definition) is 3. The highest BCUT2D eigenvalue weighted by atomic mass is 16.3. The average molecular weight is 264 g/mol. The number of carbonyl (C=O) groups excluding carboxylic acids is 1. The molecular formula is C15H24N2O2. The Morgan fingerprint density at radius 2 is 2.16 bits per heavy atom. The topological polar surface area (TPSA) is 75.3 Å². The van der Waals surface area contributed by atoms with Crippen molar-refractivity contribution in [2.24, 2.45) is 5.92 Å². The summed E-state index contributed by atoms with van der Waals surface area (Å²) in [5, 5.41) is 11.9. The molecule has 0 saturated carbocycles. The van der Waals surface area contributed by atoms with Gasteiger partial charge in [0.25, 0.3) is 5.91 Å². The van der Waals surface area contributed by atoms with Gasteiger partial charge in [-0.3, -0.25) is 4.79 Å². The largest absolute Gasteiger partial charge is 0.399 e. The molecule has 1 atom stereocenters. The summed E-state index contributed by atoms with van der Waals surface area (Å²) in [7, 11) is 0. The van der Waals surface area contributed by atoms with Gasteiger partial charge in [0.1, 0.15) is 0 Å². The van der Waals surface area contributed by atoms with E-state index in [1.54, 1.807) is 12.1 Å². The Hall–Kier alpha value is -1.55. The second kappa shape index (κ2) is 7.79. The Morgan fingerprint density at radius 3 is 2.79 bits per heavy atom. The van der Waals surface area contributed by atoms with Crippen LogP contribution in [0.3, 0.4) is 0 Å². The first-order valence-electron chi connectivity index (χ1n) is 6.83. The van der Waals surface area contributed by atoms with Crippen molar-refractivity contribution in [1.29, 1.82) is 0 Å². The molecule has 0 aliphatic carbocycles. The van der Waals surface area contributed by atoms with Gasteiger partial charge in [-0.05, 0) is 43.4 Å². The van der Waals surface area contributed by atoms with Crippen LogP contribution in [0.2, 0.25) is 0 Å². The normalized spacial score (nSPS) is 12.2. The van der Waals surface area contributed by atoms with E-state index in [1.807, 2.05) is 13.0 Å². The first-order valence-corrected chi connectivity index (χ1v) is 6.83. The van der Waals surface area contributed by atoms with Gasteiger partial charge in [-0.2, -0.15) is 0 Å². The molecule has 0 aromatic heterocycles. The maximum atomic E-state index is 12.1. The fourth-order valence-electron chi connectivity index (χ4n) is 2.16. The number of anilines is 1. The van der Waals surface area contributed by atoms with Crippen LogP contribution in [0.5, 0.6) is 0 Å². The van der Waals surface area contributed by atoms with Crippen LogP contribution in [-0.4, -0.2) is 24.2 Å². The molecule has 1 rings (SSSR count). The van der Waals surface area contributed by atoms with Crippen molar-refractivity contribution in [2.45, 2.75) is 33.1 Å². The van der Waals surface area contributed by atoms with E-state index in [2.05, 4.69) is 12.2 Å². The Balaban J connectivity index is 2.61. The Kier molecular flexibility index (Phi) is 6.36. The number of benzene rings is 1. The molecule has 0 saturated heterocycles. The summed E-state index contributed by atoms with van der Waals surface area (Å²) < 4.78 is 0. The second-order valence-corrected chi connectivity index (χ2v) is 4.95. The molecule has 0 spiro atoms. The molecule has 106 valence electrons. The monoisotopic (exact) mass is 264 g/mol. The Bertz CT molecular complexity index is 413. The first kappa shape index (κ1) is 15.5. The zero-order valence-electron chi connectivity index (χ0n) is 11.8. The summed E-state index contributed by atoms with van der Waals surface area (Å²) in [6.07, 6.45) is 2.79. The van der Waals surface area contributed by atoms with E-state index >= 15 is 0 Å². The van der Waals surface area contributed by atoms with Gasteiger partial charge in [0.15, 0.2) is 0 Å². The number of nitrogens with two attached hydrogens (primary N) is 1. The van der Waals surface area contributed by atoms with Crippen molar-refractivity contribution in [2.75, 3.05) is 18.9 Å². The number of amides is 1. The number of aliphatic hydroxyl groups excluding tert-OH is 1. The van der Waals surface area contributed by atoms with Crippen molar-refractivity contribution >= 4 is 11.6 Å². The minimum Gasteiger partial charge on any atom is -0.399 e. The SMILES string of the molecule is CCCC(CCO)CNC(=O)c1cc(N)ccc1C. The maximum absolute atomic E-state index is 12.1. The molecule has 4 nitrogen and oxygen atoms in total. The van der Waals surface area contributed by atoms with Gasteiger partial charge in [-0.15, -0.1) is 0 Å². The van der Waals surface area contributed by atoms with Crippen LogP contribution in [0, 0.1) is 12.8 Å². The quantitative estimate of drug-likeness (QED) is 0.660. The van der Waals surface area contributed by atoms with E-state index < -0.39 is 0 Å². The highest BCUT2D eigenvalue weighted by molar-refractivity contribution is 5.96. The standard InChI is InChI=1S/C15H24N2O2/c1-3-4-12(7-8-18)10-17-15(19)14-9-13(16)6-5-11(14)2/h5-6,9,12,18H,3-4,7-8,10,16H2,1-2H3,(H,17,19). The fraction of sp³-hybridized carbons (Fsp3) is 0.533. The predicted molar refractivity (Wildman–Crippen MR) is 78.0 cm³/mol. The number of nitrogen functional groups attached to an aromatic ring is 1. The third-order valence-corrected chi connectivity index (χ3v) is 3.29. The smallest absolute Gasteiger partial charge is 0.251 e. The molecule has 4 N–H and O–H groups in total. The second-order valence-electron chi connectivity index (χ2n) is 4.95. The molecule has 1 unspecified atom stereocenters. The van der Waals surface area contributed by atoms with Crippen LogP contribution in [0.1, 0.15) is 42.1 Å². The van der Waals surface area contributed by atoms with Gasteiger partial charge in [-0.25, -0.2) is 0 Å². The van der Waals surface area contributed by atoms with Crippen LogP contribution in [0.4, 0.5) is 5.69 Å². The lowest BCUT2D eigenvalue weighted by atomic mass is 10.00. The molecule has 1 amide bonds. The molecule has 4 heteroatoms. The van der Waals surface area contributed by atoms with Gasteiger partial charge in [-0.1, -0.05) is 19.4 Å². The minimum atomic E-state index is -0.0937. The van der Waals surface area contributed by atoms with Gasteiger partial charge >= 0.3 is 0 Å². The minimum absolute atomic E-state index is 0.0937. The highest BCUT2D eigenvalue weighted by Gasteiger charge is 2.12. The van der Waals surface area contributed by atoms with E-state index in [-0.39, 0.29) is 12.5 Å². The van der Waals surface area contributed by atoms with Crippen molar-refractivity contribution in [3.05, 3.63) is 29.3 Å². The molecule has 19 heavy (non-hydrogen) atoms. The number of aryl methyl sites for hydroxylation is 1. The third kappa shape index (κ3) is 4.91. The lowest BCUT2D eigenvalue weighted by Gasteiger charge is -2.16. The van der Waals surface area contributed by atoms with Gasteiger partial charge in [0, 0.05) is 24.4 Å². The Labute approximate surface area is 115 Å². The number of rotatable bonds is 7. The number of aliphatic hydroxyl groups is 1. The van der Waals surface area contributed by atoms with Gasteiger partial charge < -0.3 is 16.2 Å². The highest BCUT2D eigenvalue weighted by Crippen LogP contribution is 2.14. The summed E-state index contributed by atoms with van der Waals surface area (Å²) in [6.45, 7) is 4.76. The Morgan fingerprint density at radius 1 is 1.42 bits per heavy atom. The van der Waals surface area contributed by atoms with Crippen LogP contribution in [-0.2, 0) is 0 Å². The molecule has 0 heterocycles. The lowest BCUT2D eigenvalue weighted by molar-refractivity contribution is 0.0942. The van der Waals surface area contributed by atoms with E-state index in [0.29, 0.717) is 23.7 Å². The summed E-state index contributed by atoms with van der Waals surface area (Å²) in [5.41, 5.74) is 7.84. The first-order chi connectivity index (χ1) is 9.08. The zero-order valence-corrected chi connectivity index (χ0v) is 11.8. The molecule has 1 aromatic rings. The summed E-state index contributed by atoms with van der Waals surface area (Å²) in [5.74, 6) is 0.240. The van der Waals surface area contributed by atoms with E-state index in [4.69, 9.17) is 10.8 Å². The molecule has 0 fully saturated rings. The van der Waals surface area contributed by atoms with Crippen LogP contribution >= 0.6 is 0 Å². The summed E-state index contributed by atoms with van der Waals surface area (Å²) in [6, 6.07) is 5.34. The van der Waals surface area contributed by atoms with Crippen molar-refractivity contribution in [3.63, 3.8) is 0 Å². The number of nitrogens with one attached hydrogen (secondary N) is 1. The van der Waals surface area contributed by atoms with Crippen LogP contribution < -0.4 is 11.1 Å². The predicted octanol–water partition coefficient (Wildman–Crippen LogP) is 2.11. The molecular weight excluding hydrogens is 240 g/mol. The molecule has 0 aliphatic rings. The molecule has 0 aliphatic heterocycles. The van der Waals surface area contributed by atoms with Crippen LogP contribution in [0.15, 0.2) is 18.2 Å². The molecule has 0 bridgehead atoms. The molecule has 0 radical (unpaired) electrons. The maximum Gasteiger partial charge on any atom is 0.251 e. The van der Waals surface area contributed by atoms with Crippen molar-refractivity contribution < 1.29 is 9.90 Å². The summed E-state index contributed by atoms with van der Waals surface area (Å²) in [4.78, 5) is 12.1. The zero-order chi connectivity index (χ0) is 14.3. The fourth-order valence-corrected chi connectivity index (χ4v) is 2.16. The third-order valence-electron chi connectivity index (χ3n) is 3.29. The van der Waals surface area contributed by atoms with Gasteiger partial charge in [0.2, 0.25) is 0 Å². The van der Waals surface area contributed by atoms with Crippen molar-refractivity contribution in [1.82, 2.24) is 5.32 Å². The lowest BCUT2D eigenvalue weighted by Crippen LogP contribution is -2.30. The van der Waals surface area contributed by atoms with E-state index in [0.717, 1.165) is 24.8 Å². The van der Waals surface area contributed by atoms with E-state index in [1.165, 1.54) is 0 Å². The number of carbonyl (C=O) groups is 1. The summed E-state index contributed by atoms with van der Waals surface area (Å²) >= 11 is 0. The van der Waals surface area contributed by atoms with Crippen LogP contribution in [0.25, 0.3) is 0 Å². The van der Waals surface area contributed by atoms with Gasteiger partial charge in [0.05, 0.1) is 0 Å². The van der Waals surface area contributed by atoms with Crippen molar-refractivity contribution in [3.8, 4) is 0 Å². The van der Waals surface area contributed by atoms with E-state index in [9.17, 15) is 4.79 Å².